The molecule has 12 nitrogen and oxygen atoms in total. The molecule has 1 aromatic rings. The van der Waals surface area contributed by atoms with Crippen LogP contribution in [0.15, 0.2) is 11.0 Å². The first-order valence-corrected chi connectivity index (χ1v) is 15.0. The van der Waals surface area contributed by atoms with Gasteiger partial charge in [0, 0.05) is 12.2 Å². The van der Waals surface area contributed by atoms with E-state index in [1.807, 2.05) is 0 Å². The van der Waals surface area contributed by atoms with Gasteiger partial charge in [-0.2, -0.15) is 0 Å². The highest BCUT2D eigenvalue weighted by molar-refractivity contribution is 7.99. The molecule has 0 heterocycles. The number of carboxylic acid groups (broad SMARTS) is 2. The number of aliphatic hydroxyl groups is 1. The molecule has 0 aromatic heterocycles. The number of nitrogens with one attached hydrogen (secondary N) is 2. The fourth-order valence-corrected chi connectivity index (χ4v) is 8.36. The predicted molar refractivity (Wildman–Crippen MR) is 149 cm³/mol. The lowest BCUT2D eigenvalue weighted by Gasteiger charge is -2.50. The lowest BCUT2D eigenvalue weighted by atomic mass is 9.55. The summed E-state index contributed by atoms with van der Waals surface area (Å²) >= 11 is 1.10. The molecule has 226 valence electrons. The Bertz CT molecular complexity index is 1210. The maximum Gasteiger partial charge on any atom is 0.322 e. The van der Waals surface area contributed by atoms with Crippen LogP contribution >= 0.6 is 11.8 Å². The van der Waals surface area contributed by atoms with Crippen LogP contribution in [0.3, 0.4) is 0 Å². The quantitative estimate of drug-likeness (QED) is 0.135. The smallest absolute Gasteiger partial charge is 0.322 e. The average Bonchev–Trinajstić information content (AvgIpc) is 3.23. The second kappa shape index (κ2) is 12.5. The largest absolute Gasteiger partial charge is 0.504 e. The number of aryl methyl sites for hydroxylation is 1. The Hall–Kier alpha value is -3.03. The molecule has 0 aliphatic heterocycles. The Kier molecular flexibility index (Phi) is 9.39. The number of amides is 2. The maximum atomic E-state index is 12.9. The Morgan fingerprint density at radius 3 is 2.56 bits per heavy atom. The van der Waals surface area contributed by atoms with Crippen molar-refractivity contribution in [2.45, 2.75) is 87.3 Å². The highest BCUT2D eigenvalue weighted by atomic mass is 32.2. The number of aliphatic carboxylic acids is 2. The van der Waals surface area contributed by atoms with Crippen LogP contribution < -0.4 is 16.4 Å². The second-order valence-corrected chi connectivity index (χ2v) is 12.8. The molecule has 2 saturated carbocycles. The van der Waals surface area contributed by atoms with Crippen LogP contribution in [-0.2, 0) is 25.6 Å². The minimum absolute atomic E-state index is 0.0805. The van der Waals surface area contributed by atoms with Crippen LogP contribution in [0.25, 0.3) is 0 Å². The molecular formula is C28H39N3O9S. The van der Waals surface area contributed by atoms with Crippen molar-refractivity contribution >= 4 is 35.5 Å². The topological polar surface area (TPSA) is 220 Å². The van der Waals surface area contributed by atoms with E-state index in [9.17, 15) is 34.5 Å². The molecule has 9 N–H and O–H groups in total. The Labute approximate surface area is 242 Å². The first-order chi connectivity index (χ1) is 19.3. The summed E-state index contributed by atoms with van der Waals surface area (Å²) in [6, 6.07) is -0.868. The number of hydrogen-bond donors (Lipinski definition) is 8. The fourth-order valence-electron chi connectivity index (χ4n) is 7.12. The van der Waals surface area contributed by atoms with E-state index in [2.05, 4.69) is 17.6 Å². The number of aromatic hydroxyl groups is 2. The van der Waals surface area contributed by atoms with Gasteiger partial charge in [0.05, 0.1) is 11.0 Å². The van der Waals surface area contributed by atoms with Crippen LogP contribution in [0.4, 0.5) is 0 Å². The van der Waals surface area contributed by atoms with Crippen molar-refractivity contribution in [3.05, 3.63) is 17.2 Å². The van der Waals surface area contributed by atoms with Crippen molar-refractivity contribution in [2.75, 3.05) is 12.3 Å². The van der Waals surface area contributed by atoms with E-state index >= 15 is 0 Å². The summed E-state index contributed by atoms with van der Waals surface area (Å²) in [6.45, 7) is 1.50. The number of carbonyl (C=O) groups is 4. The first kappa shape index (κ1) is 30.9. The molecule has 13 heteroatoms. The van der Waals surface area contributed by atoms with Gasteiger partial charge < -0.3 is 41.9 Å². The number of thioether (sulfide) groups is 1. The van der Waals surface area contributed by atoms with Crippen molar-refractivity contribution in [1.82, 2.24) is 10.6 Å². The first-order valence-electron chi connectivity index (χ1n) is 14.0. The molecule has 2 fully saturated rings. The van der Waals surface area contributed by atoms with Gasteiger partial charge in [-0.3, -0.25) is 19.2 Å². The van der Waals surface area contributed by atoms with Gasteiger partial charge in [-0.15, -0.1) is 11.8 Å². The molecule has 0 bridgehead atoms. The Balaban J connectivity index is 1.57. The summed E-state index contributed by atoms with van der Waals surface area (Å²) in [5.41, 5.74) is 7.17. The van der Waals surface area contributed by atoms with Crippen LogP contribution in [0.5, 0.6) is 11.5 Å². The molecule has 41 heavy (non-hydrogen) atoms. The van der Waals surface area contributed by atoms with Crippen LogP contribution in [0, 0.1) is 17.3 Å². The fraction of sp³-hybridized carbons (Fsp3) is 0.643. The molecular weight excluding hydrogens is 554 g/mol. The normalized spacial score (nSPS) is 28.0. The number of hydrogen-bond acceptors (Lipinski definition) is 9. The summed E-state index contributed by atoms with van der Waals surface area (Å²) in [5.74, 6) is -3.85. The monoisotopic (exact) mass is 593 g/mol. The zero-order chi connectivity index (χ0) is 30.1. The summed E-state index contributed by atoms with van der Waals surface area (Å²) in [6.07, 6.45) is 4.20. The molecule has 0 radical (unpaired) electrons. The minimum atomic E-state index is -1.27. The number of phenols is 2. The minimum Gasteiger partial charge on any atom is -0.504 e. The third kappa shape index (κ3) is 6.41. The molecule has 0 spiro atoms. The van der Waals surface area contributed by atoms with Crippen molar-refractivity contribution in [3.63, 3.8) is 0 Å². The summed E-state index contributed by atoms with van der Waals surface area (Å²) < 4.78 is 0. The van der Waals surface area contributed by atoms with Gasteiger partial charge in [0.25, 0.3) is 0 Å². The van der Waals surface area contributed by atoms with E-state index in [1.165, 1.54) is 0 Å². The van der Waals surface area contributed by atoms with Gasteiger partial charge in [-0.05, 0) is 85.3 Å². The van der Waals surface area contributed by atoms with E-state index in [1.54, 1.807) is 6.07 Å². The van der Waals surface area contributed by atoms with Crippen molar-refractivity contribution in [1.29, 1.82) is 0 Å². The number of fused-ring (bicyclic) bond motifs is 5. The van der Waals surface area contributed by atoms with E-state index in [0.29, 0.717) is 23.2 Å². The molecule has 7 atom stereocenters. The number of carboxylic acids is 2. The summed E-state index contributed by atoms with van der Waals surface area (Å²) in [7, 11) is 0. The van der Waals surface area contributed by atoms with Gasteiger partial charge in [0.15, 0.2) is 11.5 Å². The number of rotatable bonds is 11. The van der Waals surface area contributed by atoms with E-state index in [0.717, 1.165) is 55.0 Å². The van der Waals surface area contributed by atoms with E-state index in [4.69, 9.17) is 15.9 Å². The highest BCUT2D eigenvalue weighted by Crippen LogP contribution is 2.62. The van der Waals surface area contributed by atoms with Crippen molar-refractivity contribution in [2.24, 2.45) is 23.0 Å². The molecule has 2 amide bonds. The lowest BCUT2D eigenvalue weighted by molar-refractivity contribution is -0.139. The summed E-state index contributed by atoms with van der Waals surface area (Å²) in [5, 5.41) is 55.0. The average molecular weight is 594 g/mol. The molecule has 4 rings (SSSR count). The molecule has 3 aliphatic rings. The third-order valence-electron chi connectivity index (χ3n) is 9.32. The van der Waals surface area contributed by atoms with Crippen LogP contribution in [-0.4, -0.2) is 79.8 Å². The lowest BCUT2D eigenvalue weighted by Crippen LogP contribution is -2.49. The van der Waals surface area contributed by atoms with Gasteiger partial charge in [-0.25, -0.2) is 0 Å². The standard InChI is InChI=1S/C28H39N3O9S/c1-28-9-8-15-14(16(28)4-6-20(28)33)3-2-13-10-19(32)24(37)25(23(13)15)41-12-18(26(38)30-11-22(35)36)31-21(34)7-5-17(29)27(39)40/h10,14-18,20,32-33,37H,2-9,11-12,29H2,1H3,(H,30,38)(H,31,34)(H,35,36)(H,39,40)/t14-,15+,16+,17+,18-,20+,28+/m1/s1. The third-order valence-corrected chi connectivity index (χ3v) is 10.5. The summed E-state index contributed by atoms with van der Waals surface area (Å²) in [4.78, 5) is 47.8. The van der Waals surface area contributed by atoms with Crippen LogP contribution in [0.1, 0.15) is 68.9 Å². The van der Waals surface area contributed by atoms with Gasteiger partial charge >= 0.3 is 11.9 Å². The number of aliphatic hydroxyl groups excluding tert-OH is 1. The Morgan fingerprint density at radius 1 is 1.15 bits per heavy atom. The molecule has 1 aromatic carbocycles. The molecule has 3 aliphatic carbocycles. The zero-order valence-corrected chi connectivity index (χ0v) is 23.8. The van der Waals surface area contributed by atoms with Gasteiger partial charge in [0.2, 0.25) is 11.8 Å². The van der Waals surface area contributed by atoms with E-state index in [-0.39, 0.29) is 47.5 Å². The number of nitrogens with two attached hydrogens (primary N) is 1. The van der Waals surface area contributed by atoms with E-state index < -0.39 is 42.4 Å². The number of phenolic OH excluding ortho intramolecular Hbond substituents is 2. The van der Waals surface area contributed by atoms with Crippen LogP contribution in [0.2, 0.25) is 0 Å². The molecule has 0 saturated heterocycles. The highest BCUT2D eigenvalue weighted by Gasteiger charge is 2.55. The SMILES string of the molecule is C[C@]12CC[C@@H]3c4c(cc(O)c(O)c4SC[C@@H](NC(=O)CC[C@H](N)C(=O)O)C(=O)NCC(=O)O)CC[C@H]3[C@@H]1CC[C@@H]2O. The zero-order valence-electron chi connectivity index (χ0n) is 23.0. The van der Waals surface area contributed by atoms with Gasteiger partial charge in [-0.1, -0.05) is 6.92 Å². The number of carbonyl (C=O) groups excluding carboxylic acids is 2. The molecule has 0 unspecified atom stereocenters. The maximum absolute atomic E-state index is 12.9. The van der Waals surface area contributed by atoms with Crippen molar-refractivity contribution in [3.8, 4) is 11.5 Å². The van der Waals surface area contributed by atoms with Gasteiger partial charge in [0.1, 0.15) is 18.6 Å². The predicted octanol–water partition coefficient (Wildman–Crippen LogP) is 1.28. The Morgan fingerprint density at radius 2 is 1.88 bits per heavy atom. The number of benzene rings is 1. The van der Waals surface area contributed by atoms with Crippen molar-refractivity contribution < 1.29 is 44.7 Å². The second-order valence-electron chi connectivity index (χ2n) is 11.7.